The Hall–Kier alpha value is -1.13. The molecule has 1 aromatic carbocycles. The van der Waals surface area contributed by atoms with Crippen LogP contribution >= 0.6 is 11.6 Å². The molecule has 1 amide bonds. The van der Waals surface area contributed by atoms with Crippen molar-refractivity contribution in [2.24, 2.45) is 5.92 Å². The number of amides is 1. The van der Waals surface area contributed by atoms with Crippen LogP contribution in [0.2, 0.25) is 5.02 Å². The zero-order chi connectivity index (χ0) is 14.7. The molecule has 2 N–H and O–H groups in total. The van der Waals surface area contributed by atoms with Gasteiger partial charge in [0.2, 0.25) is 0 Å². The Kier molecular flexibility index (Phi) is 5.00. The summed E-state index contributed by atoms with van der Waals surface area (Å²) in [6.45, 7) is 6.14. The summed E-state index contributed by atoms with van der Waals surface area (Å²) in [5.74, 6) is 0.0961. The second-order valence-corrected chi connectivity index (χ2v) is 6.11. The third-order valence-corrected chi connectivity index (χ3v) is 4.35. The van der Waals surface area contributed by atoms with Gasteiger partial charge in [-0.25, -0.2) is 4.39 Å². The summed E-state index contributed by atoms with van der Waals surface area (Å²) < 4.78 is 13.7. The Morgan fingerprint density at radius 2 is 2.10 bits per heavy atom. The third-order valence-electron chi connectivity index (χ3n) is 4.11. The summed E-state index contributed by atoms with van der Waals surface area (Å²) in [6.07, 6.45) is 2.28. The van der Waals surface area contributed by atoms with E-state index >= 15 is 0 Å². The molecule has 5 heteroatoms. The van der Waals surface area contributed by atoms with E-state index in [2.05, 4.69) is 12.2 Å². The molecule has 0 saturated carbocycles. The highest BCUT2D eigenvalue weighted by Crippen LogP contribution is 2.18. The Labute approximate surface area is 124 Å². The molecule has 2 rings (SSSR count). The fourth-order valence-electron chi connectivity index (χ4n) is 2.58. The van der Waals surface area contributed by atoms with E-state index in [1.54, 1.807) is 6.07 Å². The van der Waals surface area contributed by atoms with Gasteiger partial charge in [0.15, 0.2) is 6.04 Å². The summed E-state index contributed by atoms with van der Waals surface area (Å²) in [4.78, 5) is 13.5. The molecule has 1 fully saturated rings. The van der Waals surface area contributed by atoms with Crippen molar-refractivity contribution in [1.29, 1.82) is 0 Å². The number of halogens is 2. The van der Waals surface area contributed by atoms with Crippen molar-refractivity contribution in [3.63, 3.8) is 0 Å². The minimum Gasteiger partial charge on any atom is -0.325 e. The minimum atomic E-state index is -0.500. The fraction of sp³-hybridized carbons (Fsp3) is 0.533. The van der Waals surface area contributed by atoms with Gasteiger partial charge in [0.05, 0.1) is 18.8 Å². The highest BCUT2D eigenvalue weighted by atomic mass is 35.5. The van der Waals surface area contributed by atoms with Crippen molar-refractivity contribution in [3.05, 3.63) is 29.0 Å². The van der Waals surface area contributed by atoms with E-state index in [0.29, 0.717) is 5.02 Å². The Balaban J connectivity index is 1.97. The average Bonchev–Trinajstić information content (AvgIpc) is 2.42. The van der Waals surface area contributed by atoms with Crippen LogP contribution in [0.1, 0.15) is 26.7 Å². The predicted molar refractivity (Wildman–Crippen MR) is 78.6 cm³/mol. The van der Waals surface area contributed by atoms with Gasteiger partial charge in [-0.15, -0.1) is 0 Å². The van der Waals surface area contributed by atoms with Crippen LogP contribution in [0.5, 0.6) is 0 Å². The standard InChI is InChI=1S/C15H20ClFN2O/c1-10-5-7-19(8-6-10)11(2)15(20)18-14-4-3-12(16)9-13(14)17/h3-4,9-11H,5-8H2,1-2H3,(H,18,20)/p+1/t11-/m1/s1. The topological polar surface area (TPSA) is 33.5 Å². The van der Waals surface area contributed by atoms with Gasteiger partial charge in [-0.2, -0.15) is 0 Å². The van der Waals surface area contributed by atoms with Crippen molar-refractivity contribution in [2.75, 3.05) is 18.4 Å². The molecule has 0 aromatic heterocycles. The van der Waals surface area contributed by atoms with Gasteiger partial charge in [0, 0.05) is 5.02 Å². The number of carbonyl (C=O) groups excluding carboxylic acids is 1. The molecule has 1 aromatic rings. The van der Waals surface area contributed by atoms with E-state index in [4.69, 9.17) is 11.6 Å². The van der Waals surface area contributed by atoms with Crippen molar-refractivity contribution in [3.8, 4) is 0 Å². The second kappa shape index (κ2) is 6.55. The largest absolute Gasteiger partial charge is 0.325 e. The highest BCUT2D eigenvalue weighted by Gasteiger charge is 2.29. The third kappa shape index (κ3) is 3.70. The summed E-state index contributed by atoms with van der Waals surface area (Å²) in [7, 11) is 0. The first kappa shape index (κ1) is 15.3. The van der Waals surface area contributed by atoms with Gasteiger partial charge in [-0.05, 0) is 43.9 Å². The van der Waals surface area contributed by atoms with Crippen LogP contribution in [0.25, 0.3) is 0 Å². The molecule has 3 nitrogen and oxygen atoms in total. The summed E-state index contributed by atoms with van der Waals surface area (Å²) >= 11 is 5.69. The second-order valence-electron chi connectivity index (χ2n) is 5.68. The first-order chi connectivity index (χ1) is 9.47. The smallest absolute Gasteiger partial charge is 0.282 e. The normalized spacial score (nSPS) is 24.2. The Bertz CT molecular complexity index is 487. The lowest BCUT2D eigenvalue weighted by Gasteiger charge is -2.31. The van der Waals surface area contributed by atoms with Gasteiger partial charge in [-0.3, -0.25) is 4.79 Å². The van der Waals surface area contributed by atoms with Crippen molar-refractivity contribution < 1.29 is 14.1 Å². The van der Waals surface area contributed by atoms with Crippen LogP contribution in [-0.2, 0) is 4.79 Å². The SMILES string of the molecule is CC1CC[NH+]([C@H](C)C(=O)Nc2ccc(Cl)cc2F)CC1. The van der Waals surface area contributed by atoms with Crippen LogP contribution in [-0.4, -0.2) is 25.0 Å². The predicted octanol–water partition coefficient (Wildman–Crippen LogP) is 2.12. The van der Waals surface area contributed by atoms with Gasteiger partial charge in [-0.1, -0.05) is 18.5 Å². The molecule has 0 aliphatic carbocycles. The highest BCUT2D eigenvalue weighted by molar-refractivity contribution is 6.30. The summed E-state index contributed by atoms with van der Waals surface area (Å²) in [5.41, 5.74) is 0.191. The van der Waals surface area contributed by atoms with Crippen LogP contribution in [0, 0.1) is 11.7 Å². The van der Waals surface area contributed by atoms with E-state index in [9.17, 15) is 9.18 Å². The number of anilines is 1. The van der Waals surface area contributed by atoms with E-state index < -0.39 is 5.82 Å². The quantitative estimate of drug-likeness (QED) is 0.881. The molecule has 1 aliphatic heterocycles. The molecule has 20 heavy (non-hydrogen) atoms. The van der Waals surface area contributed by atoms with Crippen LogP contribution < -0.4 is 10.2 Å². The average molecular weight is 300 g/mol. The van der Waals surface area contributed by atoms with Gasteiger partial charge in [0.1, 0.15) is 5.82 Å². The van der Waals surface area contributed by atoms with Gasteiger partial charge in [0.25, 0.3) is 5.91 Å². The number of quaternary nitrogens is 1. The van der Waals surface area contributed by atoms with Gasteiger partial charge < -0.3 is 10.2 Å². The van der Waals surface area contributed by atoms with Crippen LogP contribution in [0.4, 0.5) is 10.1 Å². The van der Waals surface area contributed by atoms with Crippen molar-refractivity contribution >= 4 is 23.2 Å². The minimum absolute atomic E-state index is 0.143. The Morgan fingerprint density at radius 1 is 1.45 bits per heavy atom. The maximum absolute atomic E-state index is 13.7. The van der Waals surface area contributed by atoms with E-state index in [1.165, 1.54) is 17.0 Å². The van der Waals surface area contributed by atoms with Crippen LogP contribution in [0.15, 0.2) is 18.2 Å². The first-order valence-electron chi connectivity index (χ1n) is 7.08. The van der Waals surface area contributed by atoms with E-state index in [-0.39, 0.29) is 17.6 Å². The summed E-state index contributed by atoms with van der Waals surface area (Å²) in [6, 6.07) is 4.10. The molecule has 0 radical (unpaired) electrons. The number of carbonyl (C=O) groups is 1. The molecule has 0 spiro atoms. The number of likely N-dealkylation sites (tertiary alicyclic amines) is 1. The lowest BCUT2D eigenvalue weighted by Crippen LogP contribution is -3.17. The van der Waals surface area contributed by atoms with Gasteiger partial charge >= 0.3 is 0 Å². The molecule has 1 atom stereocenters. The summed E-state index contributed by atoms with van der Waals surface area (Å²) in [5, 5.41) is 2.98. The van der Waals surface area contributed by atoms with Crippen molar-refractivity contribution in [2.45, 2.75) is 32.7 Å². The first-order valence-corrected chi connectivity index (χ1v) is 7.45. The van der Waals surface area contributed by atoms with E-state index in [1.807, 2.05) is 6.92 Å². The number of hydrogen-bond donors (Lipinski definition) is 2. The molecule has 0 bridgehead atoms. The number of rotatable bonds is 3. The molecule has 1 aliphatic rings. The number of piperidine rings is 1. The molecule has 1 heterocycles. The van der Waals surface area contributed by atoms with Crippen molar-refractivity contribution in [1.82, 2.24) is 0 Å². The van der Waals surface area contributed by atoms with Crippen LogP contribution in [0.3, 0.4) is 0 Å². The molecule has 1 saturated heterocycles. The Morgan fingerprint density at radius 3 is 2.70 bits per heavy atom. The maximum atomic E-state index is 13.7. The lowest BCUT2D eigenvalue weighted by atomic mass is 9.98. The number of nitrogens with one attached hydrogen (secondary N) is 2. The van der Waals surface area contributed by atoms with E-state index in [0.717, 1.165) is 31.8 Å². The molecular formula is C15H21ClFN2O+. The fourth-order valence-corrected chi connectivity index (χ4v) is 2.74. The number of benzene rings is 1. The zero-order valence-electron chi connectivity index (χ0n) is 11.9. The lowest BCUT2D eigenvalue weighted by molar-refractivity contribution is -0.919. The molecule has 0 unspecified atom stereocenters. The monoisotopic (exact) mass is 299 g/mol. The number of hydrogen-bond acceptors (Lipinski definition) is 1. The molecular weight excluding hydrogens is 279 g/mol. The molecule has 110 valence electrons. The zero-order valence-corrected chi connectivity index (χ0v) is 12.6. The maximum Gasteiger partial charge on any atom is 0.282 e.